The Morgan fingerprint density at radius 3 is 2.95 bits per heavy atom. The summed E-state index contributed by atoms with van der Waals surface area (Å²) in [4.78, 5) is 4.67. The van der Waals surface area contributed by atoms with E-state index in [-0.39, 0.29) is 5.82 Å². The summed E-state index contributed by atoms with van der Waals surface area (Å²) in [5, 5.41) is 3.36. The molecule has 1 aromatic carbocycles. The van der Waals surface area contributed by atoms with E-state index in [9.17, 15) is 4.39 Å². The van der Waals surface area contributed by atoms with Gasteiger partial charge in [-0.25, -0.2) is 9.37 Å². The second kappa shape index (κ2) is 4.93. The van der Waals surface area contributed by atoms with Crippen molar-refractivity contribution in [1.82, 2.24) is 14.9 Å². The lowest BCUT2D eigenvalue weighted by Crippen LogP contribution is -2.21. The number of rotatable bonds is 5. The van der Waals surface area contributed by atoms with Crippen molar-refractivity contribution in [1.29, 1.82) is 0 Å². The Morgan fingerprint density at radius 1 is 1.47 bits per heavy atom. The molecule has 4 heteroatoms. The molecule has 1 aliphatic rings. The van der Waals surface area contributed by atoms with Crippen molar-refractivity contribution in [2.24, 2.45) is 0 Å². The Bertz CT molecular complexity index is 586. The first-order valence-corrected chi connectivity index (χ1v) is 7.08. The summed E-state index contributed by atoms with van der Waals surface area (Å²) >= 11 is 0. The summed E-state index contributed by atoms with van der Waals surface area (Å²) < 4.78 is 15.7. The lowest BCUT2D eigenvalue weighted by atomic mass is 10.1. The monoisotopic (exact) mass is 261 g/mol. The summed E-state index contributed by atoms with van der Waals surface area (Å²) in [5.74, 6) is 1.22. The minimum Gasteiger partial charge on any atom is -0.325 e. The van der Waals surface area contributed by atoms with E-state index in [1.807, 2.05) is 6.07 Å². The van der Waals surface area contributed by atoms with E-state index in [0.717, 1.165) is 29.9 Å². The van der Waals surface area contributed by atoms with Crippen LogP contribution < -0.4 is 5.32 Å². The van der Waals surface area contributed by atoms with Gasteiger partial charge in [0.1, 0.15) is 11.6 Å². The smallest absolute Gasteiger partial charge is 0.125 e. The normalized spacial score (nSPS) is 17.0. The van der Waals surface area contributed by atoms with Crippen molar-refractivity contribution in [2.75, 3.05) is 13.1 Å². The molecule has 1 heterocycles. The molecule has 1 unspecified atom stereocenters. The van der Waals surface area contributed by atoms with Crippen LogP contribution in [0.15, 0.2) is 18.2 Å². The molecule has 0 aliphatic heterocycles. The number of halogens is 1. The zero-order valence-electron chi connectivity index (χ0n) is 11.5. The van der Waals surface area contributed by atoms with Gasteiger partial charge in [-0.2, -0.15) is 0 Å². The van der Waals surface area contributed by atoms with Gasteiger partial charge in [-0.15, -0.1) is 0 Å². The zero-order chi connectivity index (χ0) is 13.4. The van der Waals surface area contributed by atoms with Crippen LogP contribution in [0.2, 0.25) is 0 Å². The third kappa shape index (κ3) is 2.37. The molecule has 1 aliphatic carbocycles. The van der Waals surface area contributed by atoms with Gasteiger partial charge in [0.15, 0.2) is 0 Å². The van der Waals surface area contributed by atoms with E-state index in [2.05, 4.69) is 28.7 Å². The van der Waals surface area contributed by atoms with Gasteiger partial charge in [0, 0.05) is 24.6 Å². The fourth-order valence-electron chi connectivity index (χ4n) is 2.61. The van der Waals surface area contributed by atoms with Crippen molar-refractivity contribution < 1.29 is 4.39 Å². The standard InChI is InChI=1S/C15H20FN3/c1-3-17-9-10(2)15-18-13-8-11(16)4-7-14(13)19(15)12-5-6-12/h4,7-8,10,12,17H,3,5-6,9H2,1-2H3. The summed E-state index contributed by atoms with van der Waals surface area (Å²) in [5.41, 5.74) is 1.85. The Labute approximate surface area is 112 Å². The van der Waals surface area contributed by atoms with Crippen LogP contribution in [0, 0.1) is 5.82 Å². The maximum atomic E-state index is 13.3. The number of aromatic nitrogens is 2. The van der Waals surface area contributed by atoms with E-state index in [4.69, 9.17) is 0 Å². The largest absolute Gasteiger partial charge is 0.325 e. The van der Waals surface area contributed by atoms with Crippen molar-refractivity contribution in [3.63, 3.8) is 0 Å². The minimum atomic E-state index is -0.209. The maximum absolute atomic E-state index is 13.3. The van der Waals surface area contributed by atoms with Crippen LogP contribution in [0.5, 0.6) is 0 Å². The molecule has 1 atom stereocenters. The lowest BCUT2D eigenvalue weighted by Gasteiger charge is -2.14. The Hall–Kier alpha value is -1.42. The van der Waals surface area contributed by atoms with E-state index < -0.39 is 0 Å². The van der Waals surface area contributed by atoms with Gasteiger partial charge in [0.05, 0.1) is 11.0 Å². The van der Waals surface area contributed by atoms with Crippen molar-refractivity contribution in [2.45, 2.75) is 38.6 Å². The fourth-order valence-corrected chi connectivity index (χ4v) is 2.61. The summed E-state index contributed by atoms with van der Waals surface area (Å²) in [6.07, 6.45) is 2.42. The highest BCUT2D eigenvalue weighted by molar-refractivity contribution is 5.76. The van der Waals surface area contributed by atoms with Crippen LogP contribution in [-0.4, -0.2) is 22.6 Å². The average molecular weight is 261 g/mol. The van der Waals surface area contributed by atoms with Crippen LogP contribution in [-0.2, 0) is 0 Å². The van der Waals surface area contributed by atoms with Crippen molar-refractivity contribution in [3.8, 4) is 0 Å². The topological polar surface area (TPSA) is 29.9 Å². The molecular weight excluding hydrogens is 241 g/mol. The van der Waals surface area contributed by atoms with E-state index >= 15 is 0 Å². The van der Waals surface area contributed by atoms with E-state index in [1.54, 1.807) is 0 Å². The number of nitrogens with one attached hydrogen (secondary N) is 1. The van der Waals surface area contributed by atoms with Gasteiger partial charge in [0.2, 0.25) is 0 Å². The molecule has 0 saturated heterocycles. The second-order valence-electron chi connectivity index (χ2n) is 5.41. The van der Waals surface area contributed by atoms with Crippen LogP contribution in [0.3, 0.4) is 0 Å². The molecule has 0 amide bonds. The molecule has 0 bridgehead atoms. The number of hydrogen-bond acceptors (Lipinski definition) is 2. The molecule has 2 aromatic rings. The molecular formula is C15H20FN3. The van der Waals surface area contributed by atoms with Crippen LogP contribution in [0.25, 0.3) is 11.0 Å². The predicted octanol–water partition coefficient (Wildman–Crippen LogP) is 3.22. The van der Waals surface area contributed by atoms with Crippen molar-refractivity contribution >= 4 is 11.0 Å². The van der Waals surface area contributed by atoms with Gasteiger partial charge in [-0.3, -0.25) is 0 Å². The Kier molecular flexibility index (Phi) is 3.27. The molecule has 102 valence electrons. The average Bonchev–Trinajstić information content (AvgIpc) is 3.16. The number of benzene rings is 1. The Morgan fingerprint density at radius 2 is 2.26 bits per heavy atom. The van der Waals surface area contributed by atoms with E-state index in [0.29, 0.717) is 12.0 Å². The van der Waals surface area contributed by atoms with Crippen molar-refractivity contribution in [3.05, 3.63) is 29.8 Å². The van der Waals surface area contributed by atoms with E-state index in [1.165, 1.54) is 25.0 Å². The van der Waals surface area contributed by atoms with Crippen LogP contribution in [0.1, 0.15) is 44.5 Å². The molecule has 0 spiro atoms. The summed E-state index contributed by atoms with van der Waals surface area (Å²) in [6, 6.07) is 5.49. The van der Waals surface area contributed by atoms with Gasteiger partial charge in [-0.1, -0.05) is 13.8 Å². The quantitative estimate of drug-likeness (QED) is 0.895. The number of imidazole rings is 1. The van der Waals surface area contributed by atoms with Crippen LogP contribution >= 0.6 is 0 Å². The molecule has 3 rings (SSSR count). The summed E-state index contributed by atoms with van der Waals surface area (Å²) in [6.45, 7) is 6.16. The number of hydrogen-bond donors (Lipinski definition) is 1. The molecule has 0 radical (unpaired) electrons. The zero-order valence-corrected chi connectivity index (χ0v) is 11.5. The molecule has 3 nitrogen and oxygen atoms in total. The fraction of sp³-hybridized carbons (Fsp3) is 0.533. The van der Waals surface area contributed by atoms with Gasteiger partial charge in [0.25, 0.3) is 0 Å². The highest BCUT2D eigenvalue weighted by atomic mass is 19.1. The third-order valence-corrected chi connectivity index (χ3v) is 3.73. The SMILES string of the molecule is CCNCC(C)c1nc2cc(F)ccc2n1C1CC1. The van der Waals surface area contributed by atoms with Gasteiger partial charge >= 0.3 is 0 Å². The third-order valence-electron chi connectivity index (χ3n) is 3.73. The van der Waals surface area contributed by atoms with Gasteiger partial charge < -0.3 is 9.88 Å². The predicted molar refractivity (Wildman–Crippen MR) is 74.9 cm³/mol. The Balaban J connectivity index is 2.04. The number of fused-ring (bicyclic) bond motifs is 1. The maximum Gasteiger partial charge on any atom is 0.125 e. The first-order valence-electron chi connectivity index (χ1n) is 7.08. The minimum absolute atomic E-state index is 0.209. The van der Waals surface area contributed by atoms with Gasteiger partial charge in [-0.05, 0) is 31.5 Å². The highest BCUT2D eigenvalue weighted by Gasteiger charge is 2.29. The van der Waals surface area contributed by atoms with Crippen LogP contribution in [0.4, 0.5) is 4.39 Å². The lowest BCUT2D eigenvalue weighted by molar-refractivity contribution is 0.573. The molecule has 1 saturated carbocycles. The highest BCUT2D eigenvalue weighted by Crippen LogP contribution is 2.40. The second-order valence-corrected chi connectivity index (χ2v) is 5.41. The molecule has 1 N–H and O–H groups in total. The molecule has 19 heavy (non-hydrogen) atoms. The number of likely N-dealkylation sites (N-methyl/N-ethyl adjacent to an activating group) is 1. The first-order chi connectivity index (χ1) is 9.20. The molecule has 1 aromatic heterocycles. The first kappa shape index (κ1) is 12.6. The molecule has 1 fully saturated rings. The summed E-state index contributed by atoms with van der Waals surface area (Å²) in [7, 11) is 0. The number of nitrogens with zero attached hydrogens (tertiary/aromatic N) is 2.